The third kappa shape index (κ3) is 7.20. The quantitative estimate of drug-likeness (QED) is 0.475. The molecule has 0 saturated carbocycles. The van der Waals surface area contributed by atoms with Gasteiger partial charge in [0, 0.05) is 23.6 Å². The van der Waals surface area contributed by atoms with Crippen LogP contribution in [0.1, 0.15) is 5.56 Å². The first-order valence-electron chi connectivity index (χ1n) is 8.63. The Kier molecular flexibility index (Phi) is 7.59. The van der Waals surface area contributed by atoms with Crippen molar-refractivity contribution < 1.29 is 14.4 Å². The smallest absolute Gasteiger partial charge is 0.319 e. The van der Waals surface area contributed by atoms with E-state index in [2.05, 4.69) is 33.2 Å². The number of nitrogens with one attached hydrogen (secondary N) is 5. The van der Waals surface area contributed by atoms with Crippen molar-refractivity contribution in [2.75, 3.05) is 29.0 Å². The lowest BCUT2D eigenvalue weighted by Crippen LogP contribution is -2.35. The maximum atomic E-state index is 12.0. The third-order valence-electron chi connectivity index (χ3n) is 3.52. The van der Waals surface area contributed by atoms with Crippen LogP contribution in [0.5, 0.6) is 0 Å². The number of anilines is 3. The fraction of sp³-hybridized carbons (Fsp3) is 0.150. The number of rotatable bonds is 7. The second-order valence-electron chi connectivity index (χ2n) is 5.93. The van der Waals surface area contributed by atoms with E-state index >= 15 is 0 Å². The molecule has 0 aromatic heterocycles. The van der Waals surface area contributed by atoms with Crippen molar-refractivity contribution in [3.63, 3.8) is 0 Å². The van der Waals surface area contributed by atoms with Crippen molar-refractivity contribution in [3.05, 3.63) is 66.7 Å². The third-order valence-corrected chi connectivity index (χ3v) is 3.52. The van der Waals surface area contributed by atoms with Gasteiger partial charge in [0.25, 0.3) is 0 Å². The number of hydrogen-bond acceptors (Lipinski definition) is 3. The zero-order chi connectivity index (χ0) is 20.4. The predicted octanol–water partition coefficient (Wildman–Crippen LogP) is 3.06. The number of aryl methyl sites for hydroxylation is 1. The monoisotopic (exact) mass is 381 g/mol. The second kappa shape index (κ2) is 10.4. The Balaban J connectivity index is 1.75. The van der Waals surface area contributed by atoms with E-state index in [-0.39, 0.29) is 18.5 Å². The van der Waals surface area contributed by atoms with Crippen LogP contribution < -0.4 is 26.6 Å². The highest BCUT2D eigenvalue weighted by atomic mass is 16.2. The van der Waals surface area contributed by atoms with E-state index in [0.29, 0.717) is 23.6 Å². The highest BCUT2D eigenvalue weighted by Gasteiger charge is 2.07. The molecule has 0 bridgehead atoms. The van der Waals surface area contributed by atoms with Gasteiger partial charge in [-0.2, -0.15) is 0 Å². The molecule has 0 radical (unpaired) electrons. The molecule has 2 aromatic carbocycles. The number of carbonyl (C=O) groups excluding carboxylic acids is 3. The van der Waals surface area contributed by atoms with Crippen LogP contribution in [0.15, 0.2) is 61.2 Å². The van der Waals surface area contributed by atoms with Gasteiger partial charge in [-0.05, 0) is 48.9 Å². The zero-order valence-corrected chi connectivity index (χ0v) is 15.5. The largest absolute Gasteiger partial charge is 0.334 e. The number of urea groups is 2. The van der Waals surface area contributed by atoms with Crippen molar-refractivity contribution in [3.8, 4) is 0 Å². The lowest BCUT2D eigenvalue weighted by atomic mass is 10.2. The summed E-state index contributed by atoms with van der Waals surface area (Å²) in [4.78, 5) is 35.4. The lowest BCUT2D eigenvalue weighted by Gasteiger charge is -2.10. The minimum Gasteiger partial charge on any atom is -0.334 e. The van der Waals surface area contributed by atoms with Gasteiger partial charge in [0.2, 0.25) is 5.91 Å². The SMILES string of the molecule is C=CCNC(=O)Nc1ccc(NC(=O)CNC(=O)Nc2cccc(C)c2)cc1. The van der Waals surface area contributed by atoms with Gasteiger partial charge in [0.1, 0.15) is 0 Å². The predicted molar refractivity (Wildman–Crippen MR) is 110 cm³/mol. The Hall–Kier alpha value is -3.81. The van der Waals surface area contributed by atoms with Crippen molar-refractivity contribution in [1.29, 1.82) is 0 Å². The molecule has 2 rings (SSSR count). The summed E-state index contributed by atoms with van der Waals surface area (Å²) < 4.78 is 0. The number of amides is 5. The van der Waals surface area contributed by atoms with E-state index in [0.717, 1.165) is 5.56 Å². The summed E-state index contributed by atoms with van der Waals surface area (Å²) in [6.45, 7) is 5.62. The van der Waals surface area contributed by atoms with Crippen molar-refractivity contribution in [2.24, 2.45) is 0 Å². The maximum absolute atomic E-state index is 12.0. The van der Waals surface area contributed by atoms with Crippen LogP contribution in [0.25, 0.3) is 0 Å². The van der Waals surface area contributed by atoms with Crippen LogP contribution in [0, 0.1) is 6.92 Å². The van der Waals surface area contributed by atoms with Crippen LogP contribution in [-0.4, -0.2) is 31.1 Å². The first kappa shape index (κ1) is 20.5. The van der Waals surface area contributed by atoms with Crippen LogP contribution >= 0.6 is 0 Å². The molecular formula is C20H23N5O3. The van der Waals surface area contributed by atoms with E-state index in [9.17, 15) is 14.4 Å². The van der Waals surface area contributed by atoms with Gasteiger partial charge in [-0.1, -0.05) is 18.2 Å². The average molecular weight is 381 g/mol. The van der Waals surface area contributed by atoms with Gasteiger partial charge in [-0.25, -0.2) is 9.59 Å². The molecule has 0 aliphatic carbocycles. The minimum atomic E-state index is -0.467. The number of hydrogen-bond donors (Lipinski definition) is 5. The van der Waals surface area contributed by atoms with Gasteiger partial charge in [0.05, 0.1) is 6.54 Å². The van der Waals surface area contributed by atoms with Crippen molar-refractivity contribution in [2.45, 2.75) is 6.92 Å². The molecule has 5 N–H and O–H groups in total. The van der Waals surface area contributed by atoms with Crippen LogP contribution in [0.3, 0.4) is 0 Å². The topological polar surface area (TPSA) is 111 Å². The maximum Gasteiger partial charge on any atom is 0.319 e. The summed E-state index contributed by atoms with van der Waals surface area (Å²) in [6, 6.07) is 13.1. The molecule has 5 amide bonds. The van der Waals surface area contributed by atoms with Crippen molar-refractivity contribution in [1.82, 2.24) is 10.6 Å². The Morgan fingerprint density at radius 2 is 1.46 bits per heavy atom. The summed E-state index contributed by atoms with van der Waals surface area (Å²) in [7, 11) is 0. The van der Waals surface area contributed by atoms with E-state index in [4.69, 9.17) is 0 Å². The highest BCUT2D eigenvalue weighted by Crippen LogP contribution is 2.13. The lowest BCUT2D eigenvalue weighted by molar-refractivity contribution is -0.115. The molecule has 0 aliphatic heterocycles. The molecule has 0 spiro atoms. The molecule has 0 heterocycles. The summed E-state index contributed by atoms with van der Waals surface area (Å²) in [5, 5.41) is 13.1. The molecule has 0 saturated heterocycles. The Labute approximate surface area is 163 Å². The van der Waals surface area contributed by atoms with E-state index in [1.165, 1.54) is 0 Å². The van der Waals surface area contributed by atoms with Gasteiger partial charge < -0.3 is 26.6 Å². The molecule has 146 valence electrons. The molecule has 8 nitrogen and oxygen atoms in total. The van der Waals surface area contributed by atoms with E-state index in [1.807, 2.05) is 25.1 Å². The summed E-state index contributed by atoms with van der Waals surface area (Å²) in [5.41, 5.74) is 2.79. The Bertz CT molecular complexity index is 849. The minimum absolute atomic E-state index is 0.179. The van der Waals surface area contributed by atoms with Crippen molar-refractivity contribution >= 4 is 35.0 Å². The molecule has 0 unspecified atom stereocenters. The summed E-state index contributed by atoms with van der Waals surface area (Å²) >= 11 is 0. The Morgan fingerprint density at radius 3 is 2.11 bits per heavy atom. The zero-order valence-electron chi connectivity index (χ0n) is 15.5. The molecule has 2 aromatic rings. The van der Waals surface area contributed by atoms with Gasteiger partial charge in [0.15, 0.2) is 0 Å². The fourth-order valence-corrected chi connectivity index (χ4v) is 2.24. The molecule has 0 atom stereocenters. The second-order valence-corrected chi connectivity index (χ2v) is 5.93. The van der Waals surface area contributed by atoms with Crippen LogP contribution in [0.2, 0.25) is 0 Å². The molecule has 8 heteroatoms. The van der Waals surface area contributed by atoms with Gasteiger partial charge in [-0.15, -0.1) is 6.58 Å². The van der Waals surface area contributed by atoms with E-state index < -0.39 is 6.03 Å². The van der Waals surface area contributed by atoms with E-state index in [1.54, 1.807) is 36.4 Å². The van der Waals surface area contributed by atoms with Crippen LogP contribution in [0.4, 0.5) is 26.7 Å². The first-order chi connectivity index (χ1) is 13.5. The average Bonchev–Trinajstić information content (AvgIpc) is 2.66. The molecular weight excluding hydrogens is 358 g/mol. The number of carbonyl (C=O) groups is 3. The molecule has 0 aliphatic rings. The molecule has 0 fully saturated rings. The normalized spacial score (nSPS) is 9.75. The standard InChI is InChI=1S/C20H23N5O3/c1-3-11-21-19(27)24-16-9-7-15(8-10-16)23-18(26)13-22-20(28)25-17-6-4-5-14(2)12-17/h3-10,12H,1,11,13H2,2H3,(H,23,26)(H2,21,24,27)(H2,22,25,28). The van der Waals surface area contributed by atoms with Gasteiger partial charge in [-0.3, -0.25) is 4.79 Å². The van der Waals surface area contributed by atoms with Crippen LogP contribution in [-0.2, 0) is 4.79 Å². The summed E-state index contributed by atoms with van der Waals surface area (Å²) in [5.74, 6) is -0.371. The summed E-state index contributed by atoms with van der Waals surface area (Å²) in [6.07, 6.45) is 1.58. The fourth-order valence-electron chi connectivity index (χ4n) is 2.24. The molecule has 28 heavy (non-hydrogen) atoms. The first-order valence-corrected chi connectivity index (χ1v) is 8.63. The Morgan fingerprint density at radius 1 is 0.857 bits per heavy atom. The van der Waals surface area contributed by atoms with Gasteiger partial charge >= 0.3 is 12.1 Å². The number of benzene rings is 2. The highest BCUT2D eigenvalue weighted by molar-refractivity contribution is 5.97.